The fourth-order valence-electron chi connectivity index (χ4n) is 1.35. The molecule has 0 fully saturated rings. The van der Waals surface area contributed by atoms with Crippen molar-refractivity contribution in [2.24, 2.45) is 0 Å². The second kappa shape index (κ2) is 6.60. The third-order valence-corrected chi connectivity index (χ3v) is 2.73. The lowest BCUT2D eigenvalue weighted by atomic mass is 10.1. The number of aromatic nitrogens is 1. The number of nitrogens with one attached hydrogen (secondary N) is 1. The van der Waals surface area contributed by atoms with Gasteiger partial charge < -0.3 is 10.4 Å². The Labute approximate surface area is 103 Å². The van der Waals surface area contributed by atoms with E-state index >= 15 is 0 Å². The van der Waals surface area contributed by atoms with E-state index in [0.29, 0.717) is 16.6 Å². The maximum atomic E-state index is 11.8. The maximum absolute atomic E-state index is 11.8. The first kappa shape index (κ1) is 13.1. The fourth-order valence-corrected chi connectivity index (χ4v) is 1.71. The number of carbonyl (C=O) groups is 1. The van der Waals surface area contributed by atoms with Crippen LogP contribution in [-0.4, -0.2) is 28.6 Å². The molecule has 2 N–H and O–H groups in total. The normalized spacial score (nSPS) is 12.2. The number of carbonyl (C=O) groups excluding carboxylic acids is 1. The predicted octanol–water partition coefficient (Wildman–Crippen LogP) is 1.73. The lowest BCUT2D eigenvalue weighted by molar-refractivity contribution is 0.0929. The molecule has 0 saturated carbocycles. The lowest BCUT2D eigenvalue weighted by Gasteiger charge is -2.15. The van der Waals surface area contributed by atoms with Crippen molar-refractivity contribution < 1.29 is 9.90 Å². The second-order valence-corrected chi connectivity index (χ2v) is 4.27. The molecule has 0 aliphatic carbocycles. The summed E-state index contributed by atoms with van der Waals surface area (Å²) in [5.41, 5.74) is 0.568. The van der Waals surface area contributed by atoms with Crippen LogP contribution in [0.3, 0.4) is 0 Å². The number of hydrogen-bond donors (Lipinski definition) is 2. The topological polar surface area (TPSA) is 62.2 Å². The summed E-state index contributed by atoms with van der Waals surface area (Å²) in [5.74, 6) is -0.136. The van der Waals surface area contributed by atoms with Crippen molar-refractivity contribution >= 4 is 21.8 Å². The van der Waals surface area contributed by atoms with Gasteiger partial charge in [0.2, 0.25) is 0 Å². The Kier molecular flexibility index (Phi) is 5.42. The maximum Gasteiger partial charge on any atom is 0.251 e. The number of halogens is 1. The van der Waals surface area contributed by atoms with E-state index in [2.05, 4.69) is 26.2 Å². The molecule has 0 aromatic carbocycles. The summed E-state index contributed by atoms with van der Waals surface area (Å²) in [4.78, 5) is 15.8. The summed E-state index contributed by atoms with van der Waals surface area (Å²) in [7, 11) is 0. The van der Waals surface area contributed by atoms with E-state index in [1.165, 1.54) is 0 Å². The minimum absolute atomic E-state index is 0.0180. The molecule has 1 unspecified atom stereocenters. The Balaban J connectivity index is 2.64. The summed E-state index contributed by atoms with van der Waals surface area (Å²) < 4.78 is 0.635. The molecule has 0 bridgehead atoms. The third kappa shape index (κ3) is 3.90. The van der Waals surface area contributed by atoms with Crippen LogP contribution in [0.1, 0.15) is 30.1 Å². The molecule has 1 amide bonds. The molecule has 88 valence electrons. The molecular formula is C11H15BrN2O2. The number of pyridine rings is 1. The van der Waals surface area contributed by atoms with Crippen LogP contribution >= 0.6 is 15.9 Å². The summed E-state index contributed by atoms with van der Waals surface area (Å²) in [5, 5.41) is 11.7. The molecule has 1 heterocycles. The van der Waals surface area contributed by atoms with Crippen LogP contribution in [-0.2, 0) is 0 Å². The van der Waals surface area contributed by atoms with Crippen molar-refractivity contribution in [3.8, 4) is 0 Å². The van der Waals surface area contributed by atoms with Crippen molar-refractivity contribution in [3.05, 3.63) is 28.5 Å². The van der Waals surface area contributed by atoms with E-state index in [9.17, 15) is 4.79 Å². The zero-order valence-corrected chi connectivity index (χ0v) is 10.7. The first-order valence-corrected chi connectivity index (χ1v) is 6.00. The van der Waals surface area contributed by atoms with E-state index in [0.717, 1.165) is 6.42 Å². The van der Waals surface area contributed by atoms with Crippen LogP contribution in [0.15, 0.2) is 22.9 Å². The van der Waals surface area contributed by atoms with Crippen molar-refractivity contribution in [1.82, 2.24) is 10.3 Å². The Morgan fingerprint density at radius 3 is 3.00 bits per heavy atom. The number of hydrogen-bond acceptors (Lipinski definition) is 3. The number of rotatable bonds is 5. The first-order valence-electron chi connectivity index (χ1n) is 5.20. The summed E-state index contributed by atoms with van der Waals surface area (Å²) in [6.45, 7) is 2.06. The van der Waals surface area contributed by atoms with Crippen molar-refractivity contribution in [3.63, 3.8) is 0 Å². The number of aliphatic hydroxyl groups excluding tert-OH is 1. The number of amides is 1. The molecule has 1 atom stereocenters. The molecule has 0 saturated heterocycles. The monoisotopic (exact) mass is 286 g/mol. The van der Waals surface area contributed by atoms with Crippen molar-refractivity contribution in [2.45, 2.75) is 25.8 Å². The third-order valence-electron chi connectivity index (χ3n) is 2.29. The smallest absolute Gasteiger partial charge is 0.251 e. The quantitative estimate of drug-likeness (QED) is 0.811. The average molecular weight is 287 g/mol. The van der Waals surface area contributed by atoms with Gasteiger partial charge in [0.25, 0.3) is 5.91 Å². The fraction of sp³-hybridized carbons (Fsp3) is 0.455. The molecule has 1 aromatic heterocycles. The standard InChI is InChI=1S/C11H15BrN2O2/c1-2-9(4-6-15)14-11(16)8-3-5-13-10(12)7-8/h3,5,7,9,15H,2,4,6H2,1H3,(H,14,16). The van der Waals surface area contributed by atoms with Gasteiger partial charge in [-0.2, -0.15) is 0 Å². The van der Waals surface area contributed by atoms with Crippen molar-refractivity contribution in [2.75, 3.05) is 6.61 Å². The molecule has 16 heavy (non-hydrogen) atoms. The first-order chi connectivity index (χ1) is 7.67. The van der Waals surface area contributed by atoms with E-state index in [1.807, 2.05) is 6.92 Å². The summed E-state index contributed by atoms with van der Waals surface area (Å²) in [6.07, 6.45) is 2.96. The number of nitrogens with zero attached hydrogens (tertiary/aromatic N) is 1. The highest BCUT2D eigenvalue weighted by Gasteiger charge is 2.11. The molecule has 4 nitrogen and oxygen atoms in total. The highest BCUT2D eigenvalue weighted by atomic mass is 79.9. The van der Waals surface area contributed by atoms with Crippen LogP contribution < -0.4 is 5.32 Å². The lowest BCUT2D eigenvalue weighted by Crippen LogP contribution is -2.35. The molecule has 0 spiro atoms. The van der Waals surface area contributed by atoms with Crippen LogP contribution in [0.5, 0.6) is 0 Å². The van der Waals surface area contributed by atoms with E-state index in [-0.39, 0.29) is 18.6 Å². The van der Waals surface area contributed by atoms with Gasteiger partial charge in [-0.3, -0.25) is 4.79 Å². The number of aliphatic hydroxyl groups is 1. The zero-order chi connectivity index (χ0) is 12.0. The van der Waals surface area contributed by atoms with Gasteiger partial charge >= 0.3 is 0 Å². The Hall–Kier alpha value is -0.940. The summed E-state index contributed by atoms with van der Waals surface area (Å²) >= 11 is 3.21. The zero-order valence-electron chi connectivity index (χ0n) is 9.11. The van der Waals surface area contributed by atoms with Crippen molar-refractivity contribution in [1.29, 1.82) is 0 Å². The molecular weight excluding hydrogens is 272 g/mol. The van der Waals surface area contributed by atoms with Gasteiger partial charge in [0.05, 0.1) is 0 Å². The van der Waals surface area contributed by atoms with Crippen LogP contribution in [0.2, 0.25) is 0 Å². The summed E-state index contributed by atoms with van der Waals surface area (Å²) in [6, 6.07) is 3.34. The van der Waals surface area contributed by atoms with Gasteiger partial charge in [-0.05, 0) is 40.9 Å². The van der Waals surface area contributed by atoms with Gasteiger partial charge in [-0.1, -0.05) is 6.92 Å². The predicted molar refractivity (Wildman–Crippen MR) is 65.2 cm³/mol. The van der Waals surface area contributed by atoms with Gasteiger partial charge in [0.1, 0.15) is 4.60 Å². The molecule has 1 rings (SSSR count). The molecule has 5 heteroatoms. The van der Waals surface area contributed by atoms with Gasteiger partial charge in [0.15, 0.2) is 0 Å². The minimum atomic E-state index is -0.136. The Morgan fingerprint density at radius 2 is 2.44 bits per heavy atom. The van der Waals surface area contributed by atoms with Crippen LogP contribution in [0, 0.1) is 0 Å². The van der Waals surface area contributed by atoms with Crippen LogP contribution in [0.4, 0.5) is 0 Å². The molecule has 0 aliphatic heterocycles. The Morgan fingerprint density at radius 1 is 1.69 bits per heavy atom. The highest BCUT2D eigenvalue weighted by Crippen LogP contribution is 2.08. The van der Waals surface area contributed by atoms with Gasteiger partial charge in [-0.15, -0.1) is 0 Å². The minimum Gasteiger partial charge on any atom is -0.396 e. The Bertz CT molecular complexity index is 358. The van der Waals surface area contributed by atoms with Gasteiger partial charge in [0, 0.05) is 24.4 Å². The largest absolute Gasteiger partial charge is 0.396 e. The van der Waals surface area contributed by atoms with E-state index < -0.39 is 0 Å². The van der Waals surface area contributed by atoms with Crippen LogP contribution in [0.25, 0.3) is 0 Å². The average Bonchev–Trinajstić information content (AvgIpc) is 2.28. The van der Waals surface area contributed by atoms with E-state index in [1.54, 1.807) is 18.3 Å². The van der Waals surface area contributed by atoms with Gasteiger partial charge in [-0.25, -0.2) is 4.98 Å². The molecule has 0 radical (unpaired) electrons. The SMILES string of the molecule is CCC(CCO)NC(=O)c1ccnc(Br)c1. The highest BCUT2D eigenvalue weighted by molar-refractivity contribution is 9.10. The molecule has 0 aliphatic rings. The van der Waals surface area contributed by atoms with E-state index in [4.69, 9.17) is 5.11 Å². The molecule has 1 aromatic rings. The second-order valence-electron chi connectivity index (χ2n) is 3.46.